The number of carbonyl (C=O) groups is 1. The zero-order chi connectivity index (χ0) is 13.0. The van der Waals surface area contributed by atoms with Crippen molar-refractivity contribution in [1.82, 2.24) is 0 Å². The van der Waals surface area contributed by atoms with Crippen molar-refractivity contribution in [3.05, 3.63) is 29.8 Å². The summed E-state index contributed by atoms with van der Waals surface area (Å²) < 4.78 is 0. The molecule has 0 amide bonds. The van der Waals surface area contributed by atoms with Crippen LogP contribution < -0.4 is 0 Å². The highest BCUT2D eigenvalue weighted by molar-refractivity contribution is 8.00. The van der Waals surface area contributed by atoms with Gasteiger partial charge >= 0.3 is 0 Å². The lowest BCUT2D eigenvalue weighted by atomic mass is 9.81. The number of rotatable bonds is 4. The molecule has 18 heavy (non-hydrogen) atoms. The zero-order valence-electron chi connectivity index (χ0n) is 11.3. The fourth-order valence-electron chi connectivity index (χ4n) is 2.63. The smallest absolute Gasteiger partial charge is 0.146 e. The number of hydrogen-bond acceptors (Lipinski definition) is 2. The average Bonchev–Trinajstić information content (AvgIpc) is 2.38. The van der Waals surface area contributed by atoms with Crippen LogP contribution in [0.5, 0.6) is 0 Å². The Balaban J connectivity index is 1.82. The van der Waals surface area contributed by atoms with Gasteiger partial charge in [-0.1, -0.05) is 37.5 Å². The zero-order valence-corrected chi connectivity index (χ0v) is 12.1. The van der Waals surface area contributed by atoms with Crippen LogP contribution in [0.15, 0.2) is 29.2 Å². The van der Waals surface area contributed by atoms with Crippen LogP contribution in [0.25, 0.3) is 0 Å². The first-order chi connectivity index (χ1) is 8.65. The molecule has 0 N–H and O–H groups in total. The molecule has 1 fully saturated rings. The summed E-state index contributed by atoms with van der Waals surface area (Å²) in [5.74, 6) is 2.15. The van der Waals surface area contributed by atoms with Gasteiger partial charge in [0.25, 0.3) is 0 Å². The number of thioether (sulfide) groups is 1. The summed E-state index contributed by atoms with van der Waals surface area (Å²) in [6.07, 6.45) is 4.74. The second-order valence-electron chi connectivity index (χ2n) is 5.54. The molecular weight excluding hydrogens is 240 g/mol. The van der Waals surface area contributed by atoms with Crippen molar-refractivity contribution in [3.63, 3.8) is 0 Å². The Labute approximate surface area is 114 Å². The first-order valence-corrected chi connectivity index (χ1v) is 7.86. The van der Waals surface area contributed by atoms with Crippen molar-refractivity contribution in [2.75, 3.05) is 5.75 Å². The minimum Gasteiger partial charge on any atom is -0.298 e. The molecule has 2 unspecified atom stereocenters. The molecule has 1 aliphatic carbocycles. The molecule has 1 saturated carbocycles. The molecule has 0 aromatic heterocycles. The summed E-state index contributed by atoms with van der Waals surface area (Å²) in [5.41, 5.74) is 1.27. The predicted molar refractivity (Wildman–Crippen MR) is 78.0 cm³/mol. The fourth-order valence-corrected chi connectivity index (χ4v) is 3.51. The number of ketones is 1. The molecule has 1 aromatic rings. The van der Waals surface area contributed by atoms with Gasteiger partial charge in [-0.3, -0.25) is 4.79 Å². The molecule has 2 rings (SSSR count). The van der Waals surface area contributed by atoms with Crippen molar-refractivity contribution in [2.24, 2.45) is 11.8 Å². The Morgan fingerprint density at radius 1 is 1.28 bits per heavy atom. The van der Waals surface area contributed by atoms with Gasteiger partial charge in [0.2, 0.25) is 0 Å². The van der Waals surface area contributed by atoms with Crippen LogP contribution in [0, 0.1) is 18.8 Å². The molecule has 1 aliphatic rings. The highest BCUT2D eigenvalue weighted by Crippen LogP contribution is 2.30. The van der Waals surface area contributed by atoms with E-state index in [0.717, 1.165) is 18.8 Å². The van der Waals surface area contributed by atoms with E-state index in [-0.39, 0.29) is 0 Å². The summed E-state index contributed by atoms with van der Waals surface area (Å²) in [7, 11) is 0. The van der Waals surface area contributed by atoms with E-state index in [0.29, 0.717) is 17.5 Å². The maximum Gasteiger partial charge on any atom is 0.146 e. The number of aryl methyl sites for hydroxylation is 1. The van der Waals surface area contributed by atoms with Gasteiger partial charge in [0.05, 0.1) is 5.75 Å². The summed E-state index contributed by atoms with van der Waals surface area (Å²) in [5, 5.41) is 0. The summed E-state index contributed by atoms with van der Waals surface area (Å²) >= 11 is 1.68. The normalized spacial score (nSPS) is 23.9. The van der Waals surface area contributed by atoms with Crippen LogP contribution in [0.2, 0.25) is 0 Å². The van der Waals surface area contributed by atoms with Crippen molar-refractivity contribution in [1.29, 1.82) is 0 Å². The molecule has 0 saturated heterocycles. The van der Waals surface area contributed by atoms with Crippen molar-refractivity contribution < 1.29 is 4.79 Å². The molecule has 0 radical (unpaired) electrons. The van der Waals surface area contributed by atoms with E-state index in [9.17, 15) is 4.79 Å². The summed E-state index contributed by atoms with van der Waals surface area (Å²) in [4.78, 5) is 13.4. The van der Waals surface area contributed by atoms with Crippen LogP contribution in [0.1, 0.15) is 38.2 Å². The molecule has 2 atom stereocenters. The van der Waals surface area contributed by atoms with E-state index >= 15 is 0 Å². The lowest BCUT2D eigenvalue weighted by Gasteiger charge is -2.25. The first kappa shape index (κ1) is 13.7. The van der Waals surface area contributed by atoms with E-state index in [2.05, 4.69) is 38.1 Å². The Morgan fingerprint density at radius 2 is 2.00 bits per heavy atom. The van der Waals surface area contributed by atoms with E-state index in [1.54, 1.807) is 11.8 Å². The highest BCUT2D eigenvalue weighted by Gasteiger charge is 2.24. The average molecular weight is 262 g/mol. The SMILES string of the molecule is Cc1ccc(SCC(=O)C2CCCC(C)C2)cc1. The standard InChI is InChI=1S/C16H22OS/c1-12-6-8-15(9-7-12)18-11-16(17)14-5-3-4-13(2)10-14/h6-9,13-14H,3-5,10-11H2,1-2H3. The number of hydrogen-bond donors (Lipinski definition) is 0. The van der Waals surface area contributed by atoms with Crippen LogP contribution in [-0.2, 0) is 4.79 Å². The Hall–Kier alpha value is -0.760. The lowest BCUT2D eigenvalue weighted by Crippen LogP contribution is -2.23. The second-order valence-corrected chi connectivity index (χ2v) is 6.59. The number of Topliss-reactive ketones (excluding diaryl/α,β-unsaturated/α-hetero) is 1. The summed E-state index contributed by atoms with van der Waals surface area (Å²) in [6, 6.07) is 8.43. The molecule has 1 aromatic carbocycles. The van der Waals surface area contributed by atoms with Gasteiger partial charge in [-0.25, -0.2) is 0 Å². The molecule has 98 valence electrons. The maximum absolute atomic E-state index is 12.2. The molecule has 0 spiro atoms. The predicted octanol–water partition coefficient (Wildman–Crippen LogP) is 4.48. The first-order valence-electron chi connectivity index (χ1n) is 6.87. The second kappa shape index (κ2) is 6.42. The third-order valence-electron chi connectivity index (χ3n) is 3.79. The topological polar surface area (TPSA) is 17.1 Å². The van der Waals surface area contributed by atoms with Crippen LogP contribution in [0.4, 0.5) is 0 Å². The van der Waals surface area contributed by atoms with Crippen LogP contribution in [0.3, 0.4) is 0 Å². The van der Waals surface area contributed by atoms with E-state index in [4.69, 9.17) is 0 Å². The molecule has 2 heteroatoms. The van der Waals surface area contributed by atoms with E-state index < -0.39 is 0 Å². The summed E-state index contributed by atoms with van der Waals surface area (Å²) in [6.45, 7) is 4.36. The van der Waals surface area contributed by atoms with Crippen molar-refractivity contribution in [2.45, 2.75) is 44.4 Å². The van der Waals surface area contributed by atoms with Gasteiger partial charge in [0, 0.05) is 10.8 Å². The molecule has 0 aliphatic heterocycles. The van der Waals surface area contributed by atoms with Gasteiger partial charge < -0.3 is 0 Å². The van der Waals surface area contributed by atoms with Crippen molar-refractivity contribution in [3.8, 4) is 0 Å². The molecule has 0 bridgehead atoms. The quantitative estimate of drug-likeness (QED) is 0.744. The maximum atomic E-state index is 12.2. The largest absolute Gasteiger partial charge is 0.298 e. The lowest BCUT2D eigenvalue weighted by molar-refractivity contribution is -0.121. The Morgan fingerprint density at radius 3 is 2.67 bits per heavy atom. The Kier molecular flexibility index (Phi) is 4.87. The third-order valence-corrected chi connectivity index (χ3v) is 4.83. The van der Waals surface area contributed by atoms with E-state index in [1.807, 2.05) is 0 Å². The van der Waals surface area contributed by atoms with Gasteiger partial charge in [0.15, 0.2) is 0 Å². The minimum absolute atomic E-state index is 0.326. The van der Waals surface area contributed by atoms with Crippen LogP contribution >= 0.6 is 11.8 Å². The number of benzene rings is 1. The number of carbonyl (C=O) groups excluding carboxylic acids is 1. The van der Waals surface area contributed by atoms with Crippen molar-refractivity contribution >= 4 is 17.5 Å². The van der Waals surface area contributed by atoms with Gasteiger partial charge in [-0.05, 0) is 37.8 Å². The minimum atomic E-state index is 0.326. The Bertz CT molecular complexity index is 396. The van der Waals surface area contributed by atoms with E-state index in [1.165, 1.54) is 23.3 Å². The fraction of sp³-hybridized carbons (Fsp3) is 0.562. The van der Waals surface area contributed by atoms with Gasteiger partial charge in [-0.15, -0.1) is 11.8 Å². The monoisotopic (exact) mass is 262 g/mol. The third kappa shape index (κ3) is 3.88. The molecule has 0 heterocycles. The van der Waals surface area contributed by atoms with Crippen LogP contribution in [-0.4, -0.2) is 11.5 Å². The highest BCUT2D eigenvalue weighted by atomic mass is 32.2. The molecular formula is C16H22OS. The van der Waals surface area contributed by atoms with Gasteiger partial charge in [0.1, 0.15) is 5.78 Å². The molecule has 1 nitrogen and oxygen atoms in total. The van der Waals surface area contributed by atoms with Gasteiger partial charge in [-0.2, -0.15) is 0 Å².